The van der Waals surface area contributed by atoms with E-state index >= 15 is 0 Å². The number of non-ortho nitro benzene ring substituents is 1. The van der Waals surface area contributed by atoms with E-state index in [-0.39, 0.29) is 11.1 Å². The van der Waals surface area contributed by atoms with Gasteiger partial charge in [0.25, 0.3) is 5.69 Å². The molecule has 0 atom stereocenters. The van der Waals surface area contributed by atoms with E-state index in [1.807, 2.05) is 0 Å². The highest BCUT2D eigenvalue weighted by Gasteiger charge is 2.15. The maximum absolute atomic E-state index is 10.7. The van der Waals surface area contributed by atoms with Gasteiger partial charge in [0.05, 0.1) is 4.92 Å². The van der Waals surface area contributed by atoms with Crippen LogP contribution in [0.15, 0.2) is 18.2 Å². The van der Waals surface area contributed by atoms with E-state index in [1.54, 1.807) is 6.07 Å². The molecule has 0 saturated carbocycles. The zero-order valence-corrected chi connectivity index (χ0v) is 10.5. The molecule has 0 aliphatic rings. The molecule has 0 aliphatic heterocycles. The Morgan fingerprint density at radius 2 is 2.06 bits per heavy atom. The summed E-state index contributed by atoms with van der Waals surface area (Å²) in [4.78, 5) is 10.2. The average Bonchev–Trinajstić information content (AvgIpc) is 2.26. The molecule has 0 radical (unpaired) electrons. The van der Waals surface area contributed by atoms with E-state index in [2.05, 4.69) is 26.1 Å². The first-order valence-electron chi connectivity index (χ1n) is 5.63. The van der Waals surface area contributed by atoms with Crippen LogP contribution in [0.5, 0.6) is 0 Å². The second-order valence-electron chi connectivity index (χ2n) is 4.94. The third-order valence-corrected chi connectivity index (χ3v) is 2.88. The molecule has 3 N–H and O–H groups in total. The molecule has 17 heavy (non-hydrogen) atoms. The van der Waals surface area contributed by atoms with Gasteiger partial charge in [0.1, 0.15) is 0 Å². The van der Waals surface area contributed by atoms with E-state index in [1.165, 1.54) is 12.1 Å². The lowest BCUT2D eigenvalue weighted by Crippen LogP contribution is -2.22. The van der Waals surface area contributed by atoms with Crippen molar-refractivity contribution in [3.63, 3.8) is 0 Å². The Kier molecular flexibility index (Phi) is 3.93. The number of anilines is 2. The summed E-state index contributed by atoms with van der Waals surface area (Å²) in [5.41, 5.74) is 6.88. The molecular formula is C12H19N3O2. The van der Waals surface area contributed by atoms with Crippen molar-refractivity contribution >= 4 is 17.1 Å². The summed E-state index contributed by atoms with van der Waals surface area (Å²) in [6.45, 7) is 7.15. The van der Waals surface area contributed by atoms with Gasteiger partial charge >= 0.3 is 0 Å². The molecule has 0 aromatic heterocycles. The number of benzene rings is 1. The van der Waals surface area contributed by atoms with Gasteiger partial charge in [-0.3, -0.25) is 10.1 Å². The summed E-state index contributed by atoms with van der Waals surface area (Å²) in [6.07, 6.45) is 1.03. The summed E-state index contributed by atoms with van der Waals surface area (Å²) in [6, 6.07) is 4.57. The normalized spacial score (nSPS) is 11.2. The first-order valence-corrected chi connectivity index (χ1v) is 5.63. The van der Waals surface area contributed by atoms with Crippen LogP contribution in [0.2, 0.25) is 0 Å². The summed E-state index contributed by atoms with van der Waals surface area (Å²) in [5, 5.41) is 13.9. The highest BCUT2D eigenvalue weighted by Crippen LogP contribution is 2.25. The SMILES string of the molecule is CCC(C)(C)CNc1cc(N)cc([N+](=O)[O-])c1. The highest BCUT2D eigenvalue weighted by molar-refractivity contribution is 5.61. The van der Waals surface area contributed by atoms with E-state index in [0.717, 1.165) is 13.0 Å². The van der Waals surface area contributed by atoms with Crippen LogP contribution in [0.1, 0.15) is 27.2 Å². The van der Waals surface area contributed by atoms with Crippen molar-refractivity contribution in [3.05, 3.63) is 28.3 Å². The fourth-order valence-corrected chi connectivity index (χ4v) is 1.31. The zero-order chi connectivity index (χ0) is 13.1. The van der Waals surface area contributed by atoms with Gasteiger partial charge in [-0.25, -0.2) is 0 Å². The number of nitrogens with zero attached hydrogens (tertiary/aromatic N) is 1. The van der Waals surface area contributed by atoms with Gasteiger partial charge in [-0.15, -0.1) is 0 Å². The fraction of sp³-hybridized carbons (Fsp3) is 0.500. The van der Waals surface area contributed by atoms with Crippen molar-refractivity contribution in [2.24, 2.45) is 5.41 Å². The van der Waals surface area contributed by atoms with Crippen molar-refractivity contribution in [2.75, 3.05) is 17.6 Å². The van der Waals surface area contributed by atoms with Crippen LogP contribution in [0.4, 0.5) is 17.1 Å². The lowest BCUT2D eigenvalue weighted by Gasteiger charge is -2.23. The van der Waals surface area contributed by atoms with Gasteiger partial charge in [-0.05, 0) is 17.9 Å². The molecule has 5 heteroatoms. The van der Waals surface area contributed by atoms with Crippen molar-refractivity contribution in [2.45, 2.75) is 27.2 Å². The molecule has 0 amide bonds. The molecule has 0 fully saturated rings. The molecule has 0 spiro atoms. The minimum atomic E-state index is -0.438. The van der Waals surface area contributed by atoms with Gasteiger partial charge in [0.2, 0.25) is 0 Å². The number of nitro benzene ring substituents is 1. The lowest BCUT2D eigenvalue weighted by molar-refractivity contribution is -0.384. The Balaban J connectivity index is 2.81. The monoisotopic (exact) mass is 237 g/mol. The number of hydrogen-bond donors (Lipinski definition) is 2. The molecular weight excluding hydrogens is 218 g/mol. The molecule has 0 heterocycles. The van der Waals surface area contributed by atoms with Crippen molar-refractivity contribution < 1.29 is 4.92 Å². The minimum absolute atomic E-state index is 0.0156. The van der Waals surface area contributed by atoms with Crippen LogP contribution < -0.4 is 11.1 Å². The number of nitrogen functional groups attached to an aromatic ring is 1. The maximum Gasteiger partial charge on any atom is 0.273 e. The Morgan fingerprint density at radius 1 is 1.41 bits per heavy atom. The van der Waals surface area contributed by atoms with E-state index in [9.17, 15) is 10.1 Å². The Hall–Kier alpha value is -1.78. The molecule has 0 bridgehead atoms. The third-order valence-electron chi connectivity index (χ3n) is 2.88. The smallest absolute Gasteiger partial charge is 0.273 e. The second kappa shape index (κ2) is 5.03. The largest absolute Gasteiger partial charge is 0.398 e. The fourth-order valence-electron chi connectivity index (χ4n) is 1.31. The molecule has 5 nitrogen and oxygen atoms in total. The van der Waals surface area contributed by atoms with Gasteiger partial charge in [0.15, 0.2) is 0 Å². The third kappa shape index (κ3) is 3.94. The second-order valence-corrected chi connectivity index (χ2v) is 4.94. The first kappa shape index (κ1) is 13.3. The number of nitro groups is 1. The molecule has 0 unspecified atom stereocenters. The maximum atomic E-state index is 10.7. The van der Waals surface area contributed by atoms with E-state index < -0.39 is 4.92 Å². The van der Waals surface area contributed by atoms with Crippen molar-refractivity contribution in [1.82, 2.24) is 0 Å². The van der Waals surface area contributed by atoms with E-state index in [0.29, 0.717) is 11.4 Å². The van der Waals surface area contributed by atoms with Crippen LogP contribution >= 0.6 is 0 Å². The predicted octanol–water partition coefficient (Wildman–Crippen LogP) is 3.03. The van der Waals surface area contributed by atoms with Gasteiger partial charge in [-0.1, -0.05) is 20.8 Å². The highest BCUT2D eigenvalue weighted by atomic mass is 16.6. The first-order chi connectivity index (χ1) is 7.84. The van der Waals surface area contributed by atoms with Gasteiger partial charge < -0.3 is 11.1 Å². The number of nitrogens with two attached hydrogens (primary N) is 1. The van der Waals surface area contributed by atoms with Crippen LogP contribution in [-0.4, -0.2) is 11.5 Å². The quantitative estimate of drug-likeness (QED) is 0.468. The molecule has 0 saturated heterocycles. The van der Waals surface area contributed by atoms with Crippen LogP contribution in [0.25, 0.3) is 0 Å². The Morgan fingerprint density at radius 3 is 2.59 bits per heavy atom. The average molecular weight is 237 g/mol. The number of rotatable bonds is 5. The van der Waals surface area contributed by atoms with Gasteiger partial charge in [0, 0.05) is 30.1 Å². The van der Waals surface area contributed by atoms with Crippen LogP contribution in [0.3, 0.4) is 0 Å². The molecule has 1 aromatic carbocycles. The predicted molar refractivity (Wildman–Crippen MR) is 70.1 cm³/mol. The number of nitrogens with one attached hydrogen (secondary N) is 1. The summed E-state index contributed by atoms with van der Waals surface area (Å²) in [5.74, 6) is 0. The Labute approximate surface area is 101 Å². The molecule has 1 rings (SSSR count). The Bertz CT molecular complexity index is 416. The zero-order valence-electron chi connectivity index (χ0n) is 10.5. The molecule has 1 aromatic rings. The summed E-state index contributed by atoms with van der Waals surface area (Å²) in [7, 11) is 0. The van der Waals surface area contributed by atoms with Gasteiger partial charge in [-0.2, -0.15) is 0 Å². The van der Waals surface area contributed by atoms with Crippen molar-refractivity contribution in [3.8, 4) is 0 Å². The number of hydrogen-bond acceptors (Lipinski definition) is 4. The standard InChI is InChI=1S/C12H19N3O2/c1-4-12(2,3)8-14-10-5-9(13)6-11(7-10)15(16)17/h5-7,14H,4,8,13H2,1-3H3. The topological polar surface area (TPSA) is 81.2 Å². The lowest BCUT2D eigenvalue weighted by atomic mass is 9.90. The van der Waals surface area contributed by atoms with E-state index in [4.69, 9.17) is 5.73 Å². The molecule has 94 valence electrons. The van der Waals surface area contributed by atoms with Crippen molar-refractivity contribution in [1.29, 1.82) is 0 Å². The summed E-state index contributed by atoms with van der Waals surface area (Å²) < 4.78 is 0. The van der Waals surface area contributed by atoms with Crippen LogP contribution in [-0.2, 0) is 0 Å². The van der Waals surface area contributed by atoms with Crippen LogP contribution in [0, 0.1) is 15.5 Å². The molecule has 0 aliphatic carbocycles. The minimum Gasteiger partial charge on any atom is -0.398 e. The summed E-state index contributed by atoms with van der Waals surface area (Å²) >= 11 is 0.